The second kappa shape index (κ2) is 20.1. The topological polar surface area (TPSA) is 168 Å². The van der Waals surface area contributed by atoms with Gasteiger partial charge in [0.2, 0.25) is 11.9 Å². The largest absolute Gasteiger partial charge is 0.693 e. The molecule has 2 aliphatic heterocycles. The van der Waals surface area contributed by atoms with Gasteiger partial charge in [0.15, 0.2) is 0 Å². The Bertz CT molecular complexity index is 2300. The van der Waals surface area contributed by atoms with E-state index in [-0.39, 0.29) is 12.2 Å². The van der Waals surface area contributed by atoms with Gasteiger partial charge >= 0.3 is 6.09 Å². The summed E-state index contributed by atoms with van der Waals surface area (Å²) in [5.74, 6) is 2.92. The number of piperidine rings is 2. The van der Waals surface area contributed by atoms with Crippen LogP contribution in [0, 0.1) is 11.8 Å². The summed E-state index contributed by atoms with van der Waals surface area (Å²) in [6.07, 6.45) is 9.87. The number of nitrogens with one attached hydrogen (secondary N) is 1. The molecule has 59 heavy (non-hydrogen) atoms. The molecule has 0 unspecified atom stereocenters. The molecule has 0 bridgehead atoms. The van der Waals surface area contributed by atoms with Crippen molar-refractivity contribution in [3.63, 3.8) is 0 Å². The molecule has 2 aromatic heterocycles. The van der Waals surface area contributed by atoms with Gasteiger partial charge in [0.05, 0.1) is 11.4 Å². The maximum absolute atomic E-state index is 11.8. The Balaban J connectivity index is 0.000000199. The Morgan fingerprint density at radius 3 is 1.61 bits per heavy atom. The zero-order valence-corrected chi connectivity index (χ0v) is 34.6. The molecule has 0 saturated carbocycles. The molecule has 12 heteroatoms. The van der Waals surface area contributed by atoms with Crippen molar-refractivity contribution in [3.05, 3.63) is 116 Å². The molecule has 2 aliphatic rings. The van der Waals surface area contributed by atoms with E-state index in [0.717, 1.165) is 106 Å². The van der Waals surface area contributed by atoms with Crippen molar-refractivity contribution in [1.82, 2.24) is 25.3 Å². The first-order valence-electron chi connectivity index (χ1n) is 20.7. The van der Waals surface area contributed by atoms with E-state index in [2.05, 4.69) is 115 Å². The van der Waals surface area contributed by atoms with E-state index in [9.17, 15) is 4.79 Å². The van der Waals surface area contributed by atoms with Crippen LogP contribution in [0.5, 0.6) is 0 Å². The van der Waals surface area contributed by atoms with Crippen LogP contribution in [0.1, 0.15) is 59.3 Å². The summed E-state index contributed by atoms with van der Waals surface area (Å²) in [5, 5.41) is 11.5. The van der Waals surface area contributed by atoms with Crippen LogP contribution < -0.4 is 20.6 Å². The lowest BCUT2D eigenvalue weighted by Crippen LogP contribution is -2.37. The van der Waals surface area contributed by atoms with Crippen LogP contribution >= 0.6 is 0 Å². The highest BCUT2D eigenvalue weighted by Crippen LogP contribution is 2.29. The Morgan fingerprint density at radius 1 is 0.695 bits per heavy atom. The molecule has 308 valence electrons. The smallest absolute Gasteiger partial charge is 0.407 e. The summed E-state index contributed by atoms with van der Waals surface area (Å²) in [5.41, 5.74) is 8.97. The minimum atomic E-state index is -0.461. The van der Waals surface area contributed by atoms with Crippen molar-refractivity contribution in [2.45, 2.75) is 64.9 Å². The summed E-state index contributed by atoms with van der Waals surface area (Å²) in [7, 11) is 0. The first kappa shape index (κ1) is 42.6. The molecule has 0 atom stereocenters. The fourth-order valence-corrected chi connectivity index (χ4v) is 7.81. The lowest BCUT2D eigenvalue weighted by atomic mass is 9.94. The van der Waals surface area contributed by atoms with Crippen LogP contribution in [0.4, 0.5) is 16.7 Å². The number of benzene rings is 4. The zero-order valence-electron chi connectivity index (χ0n) is 34.6. The molecule has 0 spiro atoms. The third-order valence-electron chi connectivity index (χ3n) is 11.1. The molecule has 0 aliphatic carbocycles. The molecular formula is C47H58N10O2. The summed E-state index contributed by atoms with van der Waals surface area (Å²) in [6.45, 7) is 10.9. The van der Waals surface area contributed by atoms with Gasteiger partial charge in [-0.05, 0) is 122 Å². The van der Waals surface area contributed by atoms with Crippen molar-refractivity contribution in [2.24, 2.45) is 17.0 Å². The van der Waals surface area contributed by atoms with Gasteiger partial charge in [-0.2, -0.15) is 5.53 Å². The highest BCUT2D eigenvalue weighted by atomic mass is 16.6. The molecule has 1 amide bonds. The average molecular weight is 795 g/mol. The number of amides is 1. The van der Waals surface area contributed by atoms with E-state index < -0.39 is 5.60 Å². The number of fused-ring (bicyclic) bond motifs is 2. The fraction of sp³-hybridized carbons (Fsp3) is 0.383. The van der Waals surface area contributed by atoms with Gasteiger partial charge in [-0.15, -0.1) is 0 Å². The van der Waals surface area contributed by atoms with Gasteiger partial charge in [0, 0.05) is 56.2 Å². The predicted octanol–water partition coefficient (Wildman–Crippen LogP) is 9.26. The van der Waals surface area contributed by atoms with Gasteiger partial charge in [0.1, 0.15) is 12.1 Å². The molecule has 5 N–H and O–H groups in total. The summed E-state index contributed by atoms with van der Waals surface area (Å²) < 4.78 is 5.30. The highest BCUT2D eigenvalue weighted by Gasteiger charge is 2.23. The SMILES string of the molecule is CC(C)(C)OC(=O)NCCC1CCN(c2nccc(-c3ccc4ccccc4c3)n2)CC1.[NH2+]=NCCC1CCN(c2nccc(-c3ccc4ccccc4c3)n2)CC1.[NH2-]. The van der Waals surface area contributed by atoms with Crippen LogP contribution in [0.25, 0.3) is 50.2 Å². The maximum Gasteiger partial charge on any atom is 0.407 e. The summed E-state index contributed by atoms with van der Waals surface area (Å²) in [4.78, 5) is 35.1. The molecule has 12 nitrogen and oxygen atoms in total. The van der Waals surface area contributed by atoms with Crippen molar-refractivity contribution in [1.29, 1.82) is 0 Å². The number of hydrogen-bond acceptors (Lipinski definition) is 9. The maximum atomic E-state index is 11.8. The summed E-state index contributed by atoms with van der Waals surface area (Å²) in [6, 6.07) is 33.7. The van der Waals surface area contributed by atoms with E-state index >= 15 is 0 Å². The van der Waals surface area contributed by atoms with E-state index in [4.69, 9.17) is 20.2 Å². The van der Waals surface area contributed by atoms with Gasteiger partial charge in [-0.25, -0.2) is 24.7 Å². The number of nitrogens with two attached hydrogens (primary N) is 2. The third kappa shape index (κ3) is 11.8. The molecule has 2 saturated heterocycles. The molecule has 8 rings (SSSR count). The normalized spacial score (nSPS) is 14.9. The van der Waals surface area contributed by atoms with Crippen LogP contribution in [0.2, 0.25) is 0 Å². The van der Waals surface area contributed by atoms with Crippen LogP contribution in [0.15, 0.2) is 115 Å². The Hall–Kier alpha value is -6.01. The van der Waals surface area contributed by atoms with E-state index in [0.29, 0.717) is 18.4 Å². The standard InChI is InChI=1S/C26H32N4O2.C21H23N5.H2N/c1-26(2,3)32-25(31)28-14-10-19-12-16-30(17-13-19)24-27-15-11-23(29-24)22-9-8-20-6-4-5-7-21(20)18-22;22-24-12-7-16-9-13-26(14-10-16)21-23-11-8-20(25-21)19-6-5-17-3-1-2-4-18(17)15-19;/h4-9,11,15,18-19H,10,12-14,16-17H2,1-3H3,(H,28,31);1-6,8,11,15-16,22H,7,9-10,12-14H2;1H2/q;;-1/p+1. The number of aromatic nitrogens is 4. The molecule has 0 radical (unpaired) electrons. The average Bonchev–Trinajstić information content (AvgIpc) is 3.25. The minimum absolute atomic E-state index is 0. The number of anilines is 2. The van der Waals surface area contributed by atoms with Gasteiger partial charge in [0.25, 0.3) is 0 Å². The van der Waals surface area contributed by atoms with Crippen LogP contribution in [-0.4, -0.2) is 70.9 Å². The Kier molecular flexibility index (Phi) is 14.5. The fourth-order valence-electron chi connectivity index (χ4n) is 7.81. The van der Waals surface area contributed by atoms with Gasteiger partial charge in [-0.3, -0.25) is 0 Å². The van der Waals surface area contributed by atoms with E-state index in [1.54, 1.807) is 0 Å². The predicted molar refractivity (Wildman–Crippen MR) is 238 cm³/mol. The second-order valence-corrected chi connectivity index (χ2v) is 16.4. The molecule has 4 aromatic carbocycles. The zero-order chi connectivity index (χ0) is 40.3. The summed E-state index contributed by atoms with van der Waals surface area (Å²) >= 11 is 0. The number of ether oxygens (including phenoxy) is 1. The number of carbonyl (C=O) groups excluding carboxylic acids is 1. The number of alkyl carbamates (subject to hydrolysis) is 1. The van der Waals surface area contributed by atoms with Gasteiger partial charge in [-0.1, -0.05) is 72.8 Å². The van der Waals surface area contributed by atoms with Crippen molar-refractivity contribution >= 4 is 39.5 Å². The van der Waals surface area contributed by atoms with E-state index in [1.807, 2.05) is 45.3 Å². The Labute approximate surface area is 347 Å². The van der Waals surface area contributed by atoms with Crippen LogP contribution in [0.3, 0.4) is 0 Å². The first-order chi connectivity index (χ1) is 28.2. The second-order valence-electron chi connectivity index (χ2n) is 16.4. The molecular weight excluding hydrogens is 737 g/mol. The number of nitrogens with zero attached hydrogens (tertiary/aromatic N) is 7. The van der Waals surface area contributed by atoms with Crippen molar-refractivity contribution < 1.29 is 15.1 Å². The lowest BCUT2D eigenvalue weighted by molar-refractivity contribution is -0.222. The first-order valence-corrected chi connectivity index (χ1v) is 20.7. The molecule has 2 fully saturated rings. The van der Waals surface area contributed by atoms with E-state index in [1.165, 1.54) is 21.5 Å². The number of hydrogen-bond donors (Lipinski definition) is 2. The lowest BCUT2D eigenvalue weighted by Gasteiger charge is -2.32. The number of rotatable bonds is 10. The van der Waals surface area contributed by atoms with Crippen molar-refractivity contribution in [3.8, 4) is 22.5 Å². The third-order valence-corrected chi connectivity index (χ3v) is 11.1. The quantitative estimate of drug-likeness (QED) is 0.129. The van der Waals surface area contributed by atoms with Crippen molar-refractivity contribution in [2.75, 3.05) is 49.1 Å². The number of carbonyl (C=O) groups is 1. The Morgan fingerprint density at radius 2 is 1.15 bits per heavy atom. The van der Waals surface area contributed by atoms with Crippen LogP contribution in [-0.2, 0) is 4.74 Å². The molecule has 6 aromatic rings. The minimum Gasteiger partial charge on any atom is -0.693 e. The highest BCUT2D eigenvalue weighted by molar-refractivity contribution is 5.87. The van der Waals surface area contributed by atoms with Gasteiger partial charge < -0.3 is 26.0 Å². The molecule has 4 heterocycles. The monoisotopic (exact) mass is 794 g/mol.